The Labute approximate surface area is 90.7 Å². The summed E-state index contributed by atoms with van der Waals surface area (Å²) in [6.07, 6.45) is 2.65. The minimum atomic E-state index is 0.432. The minimum absolute atomic E-state index is 0.432. The summed E-state index contributed by atoms with van der Waals surface area (Å²) in [5, 5.41) is 3.58. The van der Waals surface area contributed by atoms with Crippen molar-refractivity contribution in [2.24, 2.45) is 17.3 Å². The number of hydrogen-bond acceptors (Lipinski definition) is 1. The second kappa shape index (κ2) is 6.44. The molecule has 0 spiro atoms. The van der Waals surface area contributed by atoms with Gasteiger partial charge in [0.25, 0.3) is 0 Å². The van der Waals surface area contributed by atoms with Gasteiger partial charge in [-0.05, 0) is 36.8 Å². The van der Waals surface area contributed by atoms with Crippen LogP contribution in [0, 0.1) is 17.3 Å². The van der Waals surface area contributed by atoms with Gasteiger partial charge in [0.2, 0.25) is 0 Å². The van der Waals surface area contributed by atoms with Crippen molar-refractivity contribution in [3.8, 4) is 0 Å². The van der Waals surface area contributed by atoms with E-state index in [9.17, 15) is 0 Å². The third-order valence-corrected chi connectivity index (χ3v) is 3.20. The molecule has 14 heavy (non-hydrogen) atoms. The molecular weight excluding hydrogens is 170 g/mol. The van der Waals surface area contributed by atoms with Crippen LogP contribution in [0.25, 0.3) is 0 Å². The van der Waals surface area contributed by atoms with Gasteiger partial charge in [-0.25, -0.2) is 0 Å². The van der Waals surface area contributed by atoms with Crippen molar-refractivity contribution in [2.75, 3.05) is 13.1 Å². The Balaban J connectivity index is 3.54. The van der Waals surface area contributed by atoms with Crippen LogP contribution in [0.1, 0.15) is 54.4 Å². The first-order valence-corrected chi connectivity index (χ1v) is 6.08. The van der Waals surface area contributed by atoms with Gasteiger partial charge in [-0.1, -0.05) is 48.0 Å². The monoisotopic (exact) mass is 199 g/mol. The Morgan fingerprint density at radius 1 is 1.07 bits per heavy atom. The van der Waals surface area contributed by atoms with Crippen LogP contribution in [0.4, 0.5) is 0 Å². The van der Waals surface area contributed by atoms with Crippen molar-refractivity contribution < 1.29 is 0 Å². The fourth-order valence-corrected chi connectivity index (χ4v) is 1.45. The lowest BCUT2D eigenvalue weighted by Gasteiger charge is -2.28. The fraction of sp³-hybridized carbons (Fsp3) is 1.00. The van der Waals surface area contributed by atoms with Crippen molar-refractivity contribution in [1.29, 1.82) is 0 Å². The van der Waals surface area contributed by atoms with Gasteiger partial charge >= 0.3 is 0 Å². The summed E-state index contributed by atoms with van der Waals surface area (Å²) in [6.45, 7) is 16.2. The molecule has 0 aromatic rings. The molecule has 2 unspecified atom stereocenters. The van der Waals surface area contributed by atoms with Crippen LogP contribution >= 0.6 is 0 Å². The van der Waals surface area contributed by atoms with E-state index in [1.54, 1.807) is 0 Å². The molecule has 0 aromatic heterocycles. The number of rotatable bonds is 6. The lowest BCUT2D eigenvalue weighted by Crippen LogP contribution is -2.32. The summed E-state index contributed by atoms with van der Waals surface area (Å²) < 4.78 is 0. The number of hydrogen-bond donors (Lipinski definition) is 1. The standard InChI is InChI=1S/C13H29N/c1-7-8-11(2)9-14-10-12(3)13(4,5)6/h11-12,14H,7-10H2,1-6H3. The maximum atomic E-state index is 3.58. The van der Waals surface area contributed by atoms with Crippen LogP contribution in [0.3, 0.4) is 0 Å². The van der Waals surface area contributed by atoms with Crippen molar-refractivity contribution in [3.63, 3.8) is 0 Å². The molecule has 0 bridgehead atoms. The molecule has 0 aliphatic heterocycles. The molecule has 0 fully saturated rings. The van der Waals surface area contributed by atoms with Gasteiger partial charge in [0.05, 0.1) is 0 Å². The van der Waals surface area contributed by atoms with Gasteiger partial charge in [-0.2, -0.15) is 0 Å². The zero-order chi connectivity index (χ0) is 11.2. The Morgan fingerprint density at radius 3 is 2.07 bits per heavy atom. The van der Waals surface area contributed by atoms with Crippen LogP contribution < -0.4 is 5.32 Å². The van der Waals surface area contributed by atoms with E-state index in [0.717, 1.165) is 18.4 Å². The maximum Gasteiger partial charge on any atom is -0.00180 e. The average Bonchev–Trinajstić information content (AvgIpc) is 2.02. The summed E-state index contributed by atoms with van der Waals surface area (Å²) in [5.41, 5.74) is 0.432. The molecule has 0 amide bonds. The Morgan fingerprint density at radius 2 is 1.64 bits per heavy atom. The van der Waals surface area contributed by atoms with E-state index >= 15 is 0 Å². The van der Waals surface area contributed by atoms with E-state index in [1.807, 2.05) is 0 Å². The molecule has 0 aliphatic rings. The summed E-state index contributed by atoms with van der Waals surface area (Å²) in [7, 11) is 0. The van der Waals surface area contributed by atoms with Crippen LogP contribution in [0.15, 0.2) is 0 Å². The first kappa shape index (κ1) is 14.0. The van der Waals surface area contributed by atoms with Gasteiger partial charge in [0, 0.05) is 0 Å². The quantitative estimate of drug-likeness (QED) is 0.688. The van der Waals surface area contributed by atoms with Crippen molar-refractivity contribution in [2.45, 2.75) is 54.4 Å². The molecule has 0 radical (unpaired) electrons. The molecule has 0 rings (SSSR count). The third kappa shape index (κ3) is 6.42. The van der Waals surface area contributed by atoms with Crippen LogP contribution in [0.2, 0.25) is 0 Å². The normalized spacial score (nSPS) is 16.7. The fourth-order valence-electron chi connectivity index (χ4n) is 1.45. The van der Waals surface area contributed by atoms with Crippen LogP contribution in [-0.2, 0) is 0 Å². The summed E-state index contributed by atoms with van der Waals surface area (Å²) in [6, 6.07) is 0. The van der Waals surface area contributed by atoms with E-state index in [4.69, 9.17) is 0 Å². The first-order valence-electron chi connectivity index (χ1n) is 6.08. The molecule has 1 N–H and O–H groups in total. The second-order valence-corrected chi connectivity index (χ2v) is 5.82. The molecular formula is C13H29N. The smallest absolute Gasteiger partial charge is 0.00180 e. The van der Waals surface area contributed by atoms with Crippen molar-refractivity contribution in [1.82, 2.24) is 5.32 Å². The summed E-state index contributed by atoms with van der Waals surface area (Å²) in [4.78, 5) is 0. The molecule has 86 valence electrons. The van der Waals surface area contributed by atoms with E-state index in [-0.39, 0.29) is 0 Å². The van der Waals surface area contributed by atoms with E-state index in [0.29, 0.717) is 5.41 Å². The third-order valence-electron chi connectivity index (χ3n) is 3.20. The maximum absolute atomic E-state index is 3.58. The Kier molecular flexibility index (Phi) is 6.43. The van der Waals surface area contributed by atoms with E-state index < -0.39 is 0 Å². The minimum Gasteiger partial charge on any atom is -0.316 e. The van der Waals surface area contributed by atoms with E-state index in [1.165, 1.54) is 19.4 Å². The van der Waals surface area contributed by atoms with E-state index in [2.05, 4.69) is 46.9 Å². The predicted octanol–water partition coefficient (Wildman–Crippen LogP) is 3.69. The molecule has 0 aromatic carbocycles. The van der Waals surface area contributed by atoms with Gasteiger partial charge in [0.15, 0.2) is 0 Å². The number of nitrogens with one attached hydrogen (secondary N) is 1. The molecule has 2 atom stereocenters. The highest BCUT2D eigenvalue weighted by molar-refractivity contribution is 4.72. The highest BCUT2D eigenvalue weighted by Gasteiger charge is 2.19. The summed E-state index contributed by atoms with van der Waals surface area (Å²) >= 11 is 0. The zero-order valence-electron chi connectivity index (χ0n) is 11.0. The lowest BCUT2D eigenvalue weighted by atomic mass is 9.82. The van der Waals surface area contributed by atoms with Crippen molar-refractivity contribution in [3.05, 3.63) is 0 Å². The molecule has 0 aliphatic carbocycles. The first-order chi connectivity index (χ1) is 6.38. The Bertz CT molecular complexity index is 135. The van der Waals surface area contributed by atoms with Crippen LogP contribution in [-0.4, -0.2) is 13.1 Å². The highest BCUT2D eigenvalue weighted by atomic mass is 14.9. The highest BCUT2D eigenvalue weighted by Crippen LogP contribution is 2.24. The van der Waals surface area contributed by atoms with Crippen molar-refractivity contribution >= 4 is 0 Å². The molecule has 0 heterocycles. The zero-order valence-corrected chi connectivity index (χ0v) is 11.0. The van der Waals surface area contributed by atoms with Gasteiger partial charge in [-0.15, -0.1) is 0 Å². The average molecular weight is 199 g/mol. The predicted molar refractivity (Wildman–Crippen MR) is 65.6 cm³/mol. The SMILES string of the molecule is CCCC(C)CNCC(C)C(C)(C)C. The Hall–Kier alpha value is -0.0400. The summed E-state index contributed by atoms with van der Waals surface area (Å²) in [5.74, 6) is 1.57. The largest absolute Gasteiger partial charge is 0.316 e. The van der Waals surface area contributed by atoms with Gasteiger partial charge < -0.3 is 5.32 Å². The second-order valence-electron chi connectivity index (χ2n) is 5.82. The molecule has 0 saturated carbocycles. The topological polar surface area (TPSA) is 12.0 Å². The van der Waals surface area contributed by atoms with Gasteiger partial charge in [0.1, 0.15) is 0 Å². The molecule has 1 nitrogen and oxygen atoms in total. The van der Waals surface area contributed by atoms with Crippen LogP contribution in [0.5, 0.6) is 0 Å². The lowest BCUT2D eigenvalue weighted by molar-refractivity contribution is 0.249. The molecule has 0 saturated heterocycles. The van der Waals surface area contributed by atoms with Gasteiger partial charge in [-0.3, -0.25) is 0 Å². The molecule has 1 heteroatoms.